The molecule has 0 radical (unpaired) electrons. The van der Waals surface area contributed by atoms with E-state index >= 15 is 0 Å². The molecule has 94 valence electrons. The maximum absolute atomic E-state index is 8.94. The number of hydrogen-bond acceptors (Lipinski definition) is 3. The third-order valence-corrected chi connectivity index (χ3v) is 3.66. The van der Waals surface area contributed by atoms with Crippen LogP contribution in [0.15, 0.2) is 0 Å². The van der Waals surface area contributed by atoms with Gasteiger partial charge in [-0.3, -0.25) is 4.68 Å². The number of hydrogen-bond donors (Lipinski definition) is 0. The van der Waals surface area contributed by atoms with Crippen molar-refractivity contribution in [3.8, 4) is 12.1 Å². The first-order valence-electron chi connectivity index (χ1n) is 6.64. The van der Waals surface area contributed by atoms with E-state index in [0.717, 1.165) is 31.4 Å². The molecule has 0 spiro atoms. The summed E-state index contributed by atoms with van der Waals surface area (Å²) in [6.45, 7) is 2.79. The van der Waals surface area contributed by atoms with Crippen LogP contribution in [0.5, 0.6) is 0 Å². The Morgan fingerprint density at radius 2 is 2.22 bits per heavy atom. The average Bonchev–Trinajstić information content (AvgIpc) is 2.76. The van der Waals surface area contributed by atoms with Crippen LogP contribution in [0.4, 0.5) is 0 Å². The van der Waals surface area contributed by atoms with E-state index in [4.69, 9.17) is 10.5 Å². The van der Waals surface area contributed by atoms with Gasteiger partial charge in [-0.2, -0.15) is 15.6 Å². The van der Waals surface area contributed by atoms with Crippen LogP contribution in [0.3, 0.4) is 0 Å². The Morgan fingerprint density at radius 1 is 1.39 bits per heavy atom. The minimum absolute atomic E-state index is 0.351. The minimum atomic E-state index is 0.351. The smallest absolute Gasteiger partial charge is 0.0659 e. The highest BCUT2D eigenvalue weighted by Gasteiger charge is 2.27. The zero-order chi connectivity index (χ0) is 13.0. The lowest BCUT2D eigenvalue weighted by atomic mass is 9.83. The van der Waals surface area contributed by atoms with Crippen molar-refractivity contribution < 1.29 is 0 Å². The summed E-state index contributed by atoms with van der Waals surface area (Å²) in [4.78, 5) is 0. The summed E-state index contributed by atoms with van der Waals surface area (Å²) in [7, 11) is 0. The van der Waals surface area contributed by atoms with Gasteiger partial charge in [0.15, 0.2) is 0 Å². The van der Waals surface area contributed by atoms with E-state index in [1.165, 1.54) is 11.3 Å². The number of aromatic nitrogens is 2. The molecule has 1 atom stereocenters. The van der Waals surface area contributed by atoms with Gasteiger partial charge in [-0.25, -0.2) is 0 Å². The van der Waals surface area contributed by atoms with Crippen LogP contribution in [-0.2, 0) is 19.4 Å². The van der Waals surface area contributed by atoms with Crippen molar-refractivity contribution in [3.63, 3.8) is 0 Å². The lowest BCUT2D eigenvalue weighted by Crippen LogP contribution is -2.13. The molecular formula is C14H18N4. The van der Waals surface area contributed by atoms with Crippen LogP contribution in [0.1, 0.15) is 55.5 Å². The quantitative estimate of drug-likeness (QED) is 0.815. The highest BCUT2D eigenvalue weighted by atomic mass is 15.3. The summed E-state index contributed by atoms with van der Waals surface area (Å²) in [6, 6.07) is 4.47. The summed E-state index contributed by atoms with van der Waals surface area (Å²) < 4.78 is 2.00. The molecule has 0 saturated heterocycles. The fourth-order valence-electron chi connectivity index (χ4n) is 2.88. The van der Waals surface area contributed by atoms with Crippen LogP contribution < -0.4 is 0 Å². The predicted molar refractivity (Wildman–Crippen MR) is 67.7 cm³/mol. The molecule has 0 saturated carbocycles. The second-order valence-corrected chi connectivity index (χ2v) is 4.74. The van der Waals surface area contributed by atoms with Crippen molar-refractivity contribution in [2.75, 3.05) is 0 Å². The maximum Gasteiger partial charge on any atom is 0.0659 e. The number of nitrogens with zero attached hydrogens (tertiary/aromatic N) is 4. The fraction of sp³-hybridized carbons (Fsp3) is 0.643. The first-order chi connectivity index (χ1) is 8.81. The molecule has 0 N–H and O–H groups in total. The second-order valence-electron chi connectivity index (χ2n) is 4.74. The standard InChI is InChI=1S/C14H18N4/c1-2-12-14-11(7-9-16)5-3-6-13(14)18(17-12)10-4-8-15/h11H,2-7,10H2,1H3. The highest BCUT2D eigenvalue weighted by molar-refractivity contribution is 5.33. The zero-order valence-electron chi connectivity index (χ0n) is 10.8. The molecule has 1 unspecified atom stereocenters. The van der Waals surface area contributed by atoms with Gasteiger partial charge >= 0.3 is 0 Å². The largest absolute Gasteiger partial charge is 0.268 e. The topological polar surface area (TPSA) is 65.4 Å². The predicted octanol–water partition coefficient (Wildman–Crippen LogP) is 2.69. The van der Waals surface area contributed by atoms with E-state index in [1.54, 1.807) is 0 Å². The maximum atomic E-state index is 8.94. The molecule has 4 heteroatoms. The van der Waals surface area contributed by atoms with E-state index in [-0.39, 0.29) is 0 Å². The normalized spacial score (nSPS) is 17.8. The first-order valence-corrected chi connectivity index (χ1v) is 6.64. The van der Waals surface area contributed by atoms with Gasteiger partial charge in [0.25, 0.3) is 0 Å². The monoisotopic (exact) mass is 242 g/mol. The number of rotatable bonds is 4. The van der Waals surface area contributed by atoms with Crippen molar-refractivity contribution in [1.29, 1.82) is 10.5 Å². The van der Waals surface area contributed by atoms with Gasteiger partial charge in [0, 0.05) is 23.6 Å². The van der Waals surface area contributed by atoms with Gasteiger partial charge in [-0.1, -0.05) is 6.92 Å². The summed E-state index contributed by atoms with van der Waals surface area (Å²) in [5.74, 6) is 0.351. The molecule has 1 aliphatic carbocycles. The van der Waals surface area contributed by atoms with Crippen molar-refractivity contribution >= 4 is 0 Å². The van der Waals surface area contributed by atoms with Crippen LogP contribution >= 0.6 is 0 Å². The molecule has 0 aromatic carbocycles. The average molecular weight is 242 g/mol. The van der Waals surface area contributed by atoms with E-state index in [1.807, 2.05) is 4.68 Å². The Balaban J connectivity index is 2.37. The summed E-state index contributed by atoms with van der Waals surface area (Å²) in [5, 5.41) is 22.3. The molecule has 0 fully saturated rings. The van der Waals surface area contributed by atoms with Gasteiger partial charge in [0.1, 0.15) is 0 Å². The molecule has 18 heavy (non-hydrogen) atoms. The third-order valence-electron chi connectivity index (χ3n) is 3.66. The molecule has 0 bridgehead atoms. The van der Waals surface area contributed by atoms with Crippen LogP contribution in [0, 0.1) is 22.7 Å². The SMILES string of the molecule is CCc1nn(CCC#N)c2c1C(CC#N)CCC2. The molecule has 0 aliphatic heterocycles. The van der Waals surface area contributed by atoms with Gasteiger partial charge in [-0.05, 0) is 25.7 Å². The van der Waals surface area contributed by atoms with E-state index in [2.05, 4.69) is 24.2 Å². The summed E-state index contributed by atoms with van der Waals surface area (Å²) >= 11 is 0. The van der Waals surface area contributed by atoms with Crippen molar-refractivity contribution in [3.05, 3.63) is 17.0 Å². The Labute approximate surface area is 108 Å². The lowest BCUT2D eigenvalue weighted by Gasteiger charge is -2.21. The summed E-state index contributed by atoms with van der Waals surface area (Å²) in [6.07, 6.45) is 5.25. The van der Waals surface area contributed by atoms with Gasteiger partial charge < -0.3 is 0 Å². The highest BCUT2D eigenvalue weighted by Crippen LogP contribution is 2.36. The fourth-order valence-corrected chi connectivity index (χ4v) is 2.88. The number of nitriles is 2. The number of aryl methyl sites for hydroxylation is 2. The lowest BCUT2D eigenvalue weighted by molar-refractivity contribution is 0.520. The van der Waals surface area contributed by atoms with Crippen molar-refractivity contribution in [1.82, 2.24) is 9.78 Å². The molecular weight excluding hydrogens is 224 g/mol. The van der Waals surface area contributed by atoms with Crippen LogP contribution in [0.25, 0.3) is 0 Å². The Hall–Kier alpha value is -1.81. The minimum Gasteiger partial charge on any atom is -0.268 e. The van der Waals surface area contributed by atoms with E-state index in [9.17, 15) is 0 Å². The van der Waals surface area contributed by atoms with E-state index < -0.39 is 0 Å². The van der Waals surface area contributed by atoms with Gasteiger partial charge in [0.2, 0.25) is 0 Å². The molecule has 4 nitrogen and oxygen atoms in total. The summed E-state index contributed by atoms with van der Waals surface area (Å²) in [5.41, 5.74) is 3.71. The molecule has 2 rings (SSSR count). The van der Waals surface area contributed by atoms with Crippen LogP contribution in [0.2, 0.25) is 0 Å². The first kappa shape index (κ1) is 12.6. The molecule has 1 aromatic heterocycles. The van der Waals surface area contributed by atoms with Crippen molar-refractivity contribution in [2.24, 2.45) is 0 Å². The van der Waals surface area contributed by atoms with Crippen LogP contribution in [-0.4, -0.2) is 9.78 Å². The Kier molecular flexibility index (Phi) is 3.99. The van der Waals surface area contributed by atoms with E-state index in [0.29, 0.717) is 25.3 Å². The number of fused-ring (bicyclic) bond motifs is 1. The molecule has 1 aromatic rings. The zero-order valence-corrected chi connectivity index (χ0v) is 10.8. The van der Waals surface area contributed by atoms with Gasteiger partial charge in [0.05, 0.1) is 30.8 Å². The van der Waals surface area contributed by atoms with Gasteiger partial charge in [-0.15, -0.1) is 0 Å². The molecule has 1 aliphatic rings. The Bertz CT molecular complexity index is 501. The van der Waals surface area contributed by atoms with Crippen molar-refractivity contribution in [2.45, 2.75) is 57.9 Å². The third kappa shape index (κ3) is 2.24. The molecule has 1 heterocycles. The second kappa shape index (κ2) is 5.69. The molecule has 0 amide bonds. The Morgan fingerprint density at radius 3 is 2.89 bits per heavy atom.